The van der Waals surface area contributed by atoms with Crippen molar-refractivity contribution in [3.05, 3.63) is 23.8 Å². The van der Waals surface area contributed by atoms with E-state index >= 15 is 0 Å². The van der Waals surface area contributed by atoms with Gasteiger partial charge in [-0.15, -0.1) is 0 Å². The number of carbonyl (C=O) groups excluding carboxylic acids is 1. The SMILES string of the molecule is C=C(C)C(=O)C=C(C)C. The van der Waals surface area contributed by atoms with Crippen LogP contribution in [0.4, 0.5) is 0 Å². The van der Waals surface area contributed by atoms with Crippen molar-refractivity contribution in [1.29, 1.82) is 0 Å². The molecule has 0 aliphatic carbocycles. The van der Waals surface area contributed by atoms with Crippen molar-refractivity contribution >= 4 is 5.78 Å². The molecule has 0 bridgehead atoms. The minimum absolute atomic E-state index is 0.0231. The van der Waals surface area contributed by atoms with E-state index in [0.717, 1.165) is 5.57 Å². The van der Waals surface area contributed by atoms with Crippen LogP contribution in [0.3, 0.4) is 0 Å². The second-order valence-corrected chi connectivity index (χ2v) is 2.37. The van der Waals surface area contributed by atoms with Gasteiger partial charge < -0.3 is 0 Å². The molecule has 0 aromatic rings. The zero-order valence-corrected chi connectivity index (χ0v) is 6.19. The second kappa shape index (κ2) is 3.23. The van der Waals surface area contributed by atoms with Crippen molar-refractivity contribution in [2.75, 3.05) is 0 Å². The van der Waals surface area contributed by atoms with Gasteiger partial charge in [0.2, 0.25) is 0 Å². The average Bonchev–Trinajstić information content (AvgIpc) is 1.63. The molecule has 0 N–H and O–H groups in total. The highest BCUT2D eigenvalue weighted by Crippen LogP contribution is 1.95. The molecule has 0 spiro atoms. The third-order valence-corrected chi connectivity index (χ3v) is 0.840. The van der Waals surface area contributed by atoms with E-state index in [9.17, 15) is 4.79 Å². The Bertz CT molecular complexity index is 159. The van der Waals surface area contributed by atoms with Gasteiger partial charge >= 0.3 is 0 Å². The fourth-order valence-electron chi connectivity index (χ4n) is 0.385. The lowest BCUT2D eigenvalue weighted by molar-refractivity contribution is -0.111. The van der Waals surface area contributed by atoms with Crippen LogP contribution in [0.25, 0.3) is 0 Å². The van der Waals surface area contributed by atoms with Crippen molar-refractivity contribution in [3.8, 4) is 0 Å². The Hall–Kier alpha value is -0.850. The van der Waals surface area contributed by atoms with Crippen molar-refractivity contribution in [2.45, 2.75) is 20.8 Å². The highest BCUT2D eigenvalue weighted by atomic mass is 16.1. The van der Waals surface area contributed by atoms with E-state index in [0.29, 0.717) is 5.57 Å². The normalized spacial score (nSPS) is 8.33. The molecule has 0 saturated heterocycles. The van der Waals surface area contributed by atoms with Crippen LogP contribution in [0.5, 0.6) is 0 Å². The first kappa shape index (κ1) is 8.15. The molecule has 0 fully saturated rings. The zero-order valence-electron chi connectivity index (χ0n) is 6.19. The summed E-state index contributed by atoms with van der Waals surface area (Å²) in [5.41, 5.74) is 1.61. The van der Waals surface area contributed by atoms with Gasteiger partial charge in [0.25, 0.3) is 0 Å². The summed E-state index contributed by atoms with van der Waals surface area (Å²) in [6, 6.07) is 0. The van der Waals surface area contributed by atoms with E-state index in [4.69, 9.17) is 0 Å². The Kier molecular flexibility index (Phi) is 2.93. The van der Waals surface area contributed by atoms with Gasteiger partial charge in [-0.2, -0.15) is 0 Å². The summed E-state index contributed by atoms with van der Waals surface area (Å²) in [7, 11) is 0. The van der Waals surface area contributed by atoms with Crippen LogP contribution in [0.15, 0.2) is 23.8 Å². The Morgan fingerprint density at radius 1 is 1.33 bits per heavy atom. The van der Waals surface area contributed by atoms with Crippen LogP contribution >= 0.6 is 0 Å². The lowest BCUT2D eigenvalue weighted by Crippen LogP contribution is -1.92. The van der Waals surface area contributed by atoms with E-state index in [1.807, 2.05) is 13.8 Å². The van der Waals surface area contributed by atoms with Crippen molar-refractivity contribution in [1.82, 2.24) is 0 Å². The first-order valence-electron chi connectivity index (χ1n) is 2.89. The van der Waals surface area contributed by atoms with Crippen molar-refractivity contribution in [2.24, 2.45) is 0 Å². The van der Waals surface area contributed by atoms with E-state index in [-0.39, 0.29) is 5.78 Å². The van der Waals surface area contributed by atoms with Crippen molar-refractivity contribution in [3.63, 3.8) is 0 Å². The lowest BCUT2D eigenvalue weighted by Gasteiger charge is -1.89. The third kappa shape index (κ3) is 3.71. The highest BCUT2D eigenvalue weighted by Gasteiger charge is 1.94. The Morgan fingerprint density at radius 2 is 1.78 bits per heavy atom. The van der Waals surface area contributed by atoms with Crippen LogP contribution in [0.2, 0.25) is 0 Å². The number of hydrogen-bond donors (Lipinski definition) is 0. The first-order valence-corrected chi connectivity index (χ1v) is 2.89. The predicted octanol–water partition coefficient (Wildman–Crippen LogP) is 2.10. The summed E-state index contributed by atoms with van der Waals surface area (Å²) >= 11 is 0. The molecule has 0 aliphatic rings. The summed E-state index contributed by atoms with van der Waals surface area (Å²) in [5, 5.41) is 0. The molecule has 0 aliphatic heterocycles. The van der Waals surface area contributed by atoms with Gasteiger partial charge in [0, 0.05) is 0 Å². The Balaban J connectivity index is 4.09. The first-order chi connectivity index (χ1) is 4.04. The van der Waals surface area contributed by atoms with E-state index in [1.54, 1.807) is 13.0 Å². The molecule has 0 radical (unpaired) electrons. The number of carbonyl (C=O) groups is 1. The number of allylic oxidation sites excluding steroid dienone is 3. The molecule has 0 heterocycles. The van der Waals surface area contributed by atoms with Crippen molar-refractivity contribution < 1.29 is 4.79 Å². The molecule has 0 rings (SSSR count). The molecule has 9 heavy (non-hydrogen) atoms. The topological polar surface area (TPSA) is 17.1 Å². The summed E-state index contributed by atoms with van der Waals surface area (Å²) < 4.78 is 0. The summed E-state index contributed by atoms with van der Waals surface area (Å²) in [5.74, 6) is 0.0231. The second-order valence-electron chi connectivity index (χ2n) is 2.37. The van der Waals surface area contributed by atoms with Crippen LogP contribution in [-0.4, -0.2) is 5.78 Å². The maximum atomic E-state index is 10.8. The lowest BCUT2D eigenvalue weighted by atomic mass is 10.2. The van der Waals surface area contributed by atoms with Crippen LogP contribution in [-0.2, 0) is 4.79 Å². The van der Waals surface area contributed by atoms with Gasteiger partial charge in [-0.05, 0) is 32.4 Å². The maximum Gasteiger partial charge on any atom is 0.180 e. The monoisotopic (exact) mass is 124 g/mol. The predicted molar refractivity (Wildman–Crippen MR) is 39.3 cm³/mol. The fourth-order valence-corrected chi connectivity index (χ4v) is 0.385. The highest BCUT2D eigenvalue weighted by molar-refractivity contribution is 6.03. The maximum absolute atomic E-state index is 10.8. The van der Waals surface area contributed by atoms with E-state index < -0.39 is 0 Å². The summed E-state index contributed by atoms with van der Waals surface area (Å²) in [4.78, 5) is 10.8. The molecule has 50 valence electrons. The van der Waals surface area contributed by atoms with Gasteiger partial charge in [-0.1, -0.05) is 12.2 Å². The van der Waals surface area contributed by atoms with Crippen LogP contribution in [0, 0.1) is 0 Å². The minimum atomic E-state index is 0.0231. The molecule has 0 unspecified atom stereocenters. The standard InChI is InChI=1S/C8H12O/c1-6(2)5-8(9)7(3)4/h5H,3H2,1-2,4H3. The Morgan fingerprint density at radius 3 is 1.89 bits per heavy atom. The third-order valence-electron chi connectivity index (χ3n) is 0.840. The van der Waals surface area contributed by atoms with Gasteiger partial charge in [0.05, 0.1) is 0 Å². The van der Waals surface area contributed by atoms with Gasteiger partial charge in [0.1, 0.15) is 0 Å². The summed E-state index contributed by atoms with van der Waals surface area (Å²) in [6.07, 6.45) is 1.59. The molecule has 0 aromatic carbocycles. The molecular formula is C8H12O. The quantitative estimate of drug-likeness (QED) is 0.515. The molecule has 1 heteroatoms. The largest absolute Gasteiger partial charge is 0.290 e. The average molecular weight is 124 g/mol. The number of rotatable bonds is 2. The number of hydrogen-bond acceptors (Lipinski definition) is 1. The number of ketones is 1. The van der Waals surface area contributed by atoms with Gasteiger partial charge in [-0.25, -0.2) is 0 Å². The molecule has 0 saturated carbocycles. The summed E-state index contributed by atoms with van der Waals surface area (Å²) in [6.45, 7) is 9.00. The van der Waals surface area contributed by atoms with E-state index in [2.05, 4.69) is 6.58 Å². The Labute approximate surface area is 56.1 Å². The molecule has 0 atom stereocenters. The van der Waals surface area contributed by atoms with Gasteiger partial charge in [0.15, 0.2) is 5.78 Å². The molecule has 1 nitrogen and oxygen atoms in total. The van der Waals surface area contributed by atoms with Crippen LogP contribution < -0.4 is 0 Å². The van der Waals surface area contributed by atoms with E-state index in [1.165, 1.54) is 0 Å². The smallest absolute Gasteiger partial charge is 0.180 e. The van der Waals surface area contributed by atoms with Crippen LogP contribution in [0.1, 0.15) is 20.8 Å². The molecule has 0 amide bonds. The van der Waals surface area contributed by atoms with Gasteiger partial charge in [-0.3, -0.25) is 4.79 Å². The zero-order chi connectivity index (χ0) is 7.44. The molecular weight excluding hydrogens is 112 g/mol. The molecule has 0 aromatic heterocycles. The minimum Gasteiger partial charge on any atom is -0.290 e. The fraction of sp³-hybridized carbons (Fsp3) is 0.375.